The van der Waals surface area contributed by atoms with Gasteiger partial charge in [-0.25, -0.2) is 0 Å². The minimum atomic E-state index is -0.0654. The third-order valence-corrected chi connectivity index (χ3v) is 3.84. The molecule has 0 radical (unpaired) electrons. The minimum absolute atomic E-state index is 0.0654. The second-order valence-electron chi connectivity index (χ2n) is 6.02. The number of benzene rings is 1. The molecule has 0 spiro atoms. The molecule has 7 nitrogen and oxygen atoms in total. The molecule has 1 unspecified atom stereocenters. The highest BCUT2D eigenvalue weighted by molar-refractivity contribution is 5.81. The first-order valence-electron chi connectivity index (χ1n) is 8.66. The van der Waals surface area contributed by atoms with Crippen molar-refractivity contribution >= 4 is 11.9 Å². The van der Waals surface area contributed by atoms with E-state index in [1.54, 1.807) is 14.2 Å². The first-order valence-corrected chi connectivity index (χ1v) is 8.66. The van der Waals surface area contributed by atoms with Crippen LogP contribution in [-0.4, -0.2) is 51.8 Å². The summed E-state index contributed by atoms with van der Waals surface area (Å²) in [6.07, 6.45) is 1.98. The summed E-state index contributed by atoms with van der Waals surface area (Å²) in [5.41, 5.74) is 0. The zero-order chi connectivity index (χ0) is 18.1. The summed E-state index contributed by atoms with van der Waals surface area (Å²) in [6, 6.07) is 7.56. The van der Waals surface area contributed by atoms with Crippen molar-refractivity contribution in [2.75, 3.05) is 33.8 Å². The Bertz CT molecular complexity index is 587. The quantitative estimate of drug-likeness (QED) is 0.354. The number of guanidine groups is 1. The van der Waals surface area contributed by atoms with E-state index in [4.69, 9.17) is 9.47 Å². The van der Waals surface area contributed by atoms with Crippen LogP contribution in [0.3, 0.4) is 0 Å². The molecule has 1 amide bonds. The van der Waals surface area contributed by atoms with Crippen molar-refractivity contribution in [2.45, 2.75) is 25.9 Å². The molecule has 1 aromatic rings. The standard InChI is InChI=1S/C18H28N4O3/c1-13(25-16-7-5-4-6-15(16)24-3)12-22-18(19-2)21-11-10-20-17(23)14-8-9-14/h4-7,13-14H,8-12H2,1-3H3,(H,20,23)(H2,19,21,22). The minimum Gasteiger partial charge on any atom is -0.493 e. The summed E-state index contributed by atoms with van der Waals surface area (Å²) >= 11 is 0. The number of rotatable bonds is 9. The number of carbonyl (C=O) groups is 1. The molecule has 0 aromatic heterocycles. The highest BCUT2D eigenvalue weighted by atomic mass is 16.5. The Morgan fingerprint density at radius 1 is 1.20 bits per heavy atom. The molecule has 0 saturated heterocycles. The van der Waals surface area contributed by atoms with Gasteiger partial charge in [0, 0.05) is 26.1 Å². The van der Waals surface area contributed by atoms with Crippen LogP contribution in [0.15, 0.2) is 29.3 Å². The van der Waals surface area contributed by atoms with Gasteiger partial charge >= 0.3 is 0 Å². The van der Waals surface area contributed by atoms with Gasteiger partial charge in [-0.3, -0.25) is 9.79 Å². The molecule has 1 aliphatic rings. The second kappa shape index (κ2) is 9.76. The van der Waals surface area contributed by atoms with Gasteiger partial charge in [-0.15, -0.1) is 0 Å². The van der Waals surface area contributed by atoms with Crippen LogP contribution in [0.5, 0.6) is 11.5 Å². The van der Waals surface area contributed by atoms with E-state index in [1.165, 1.54) is 0 Å². The van der Waals surface area contributed by atoms with Crippen molar-refractivity contribution in [1.29, 1.82) is 0 Å². The lowest BCUT2D eigenvalue weighted by Crippen LogP contribution is -2.44. The first kappa shape index (κ1) is 18.9. The highest BCUT2D eigenvalue weighted by Crippen LogP contribution is 2.28. The number of hydrogen-bond donors (Lipinski definition) is 3. The van der Waals surface area contributed by atoms with Gasteiger partial charge in [-0.1, -0.05) is 12.1 Å². The number of ether oxygens (including phenoxy) is 2. The van der Waals surface area contributed by atoms with E-state index in [2.05, 4.69) is 20.9 Å². The zero-order valence-corrected chi connectivity index (χ0v) is 15.2. The summed E-state index contributed by atoms with van der Waals surface area (Å²) in [6.45, 7) is 3.78. The molecule has 3 N–H and O–H groups in total. The number of aliphatic imine (C=N–C) groups is 1. The molecule has 1 aliphatic carbocycles. The number of hydrogen-bond acceptors (Lipinski definition) is 4. The average molecular weight is 348 g/mol. The smallest absolute Gasteiger partial charge is 0.223 e. The lowest BCUT2D eigenvalue weighted by atomic mass is 10.3. The number of nitrogens with zero attached hydrogens (tertiary/aromatic N) is 1. The molecule has 0 bridgehead atoms. The Hall–Kier alpha value is -2.44. The Balaban J connectivity index is 1.66. The predicted molar refractivity (Wildman–Crippen MR) is 98.2 cm³/mol. The maximum Gasteiger partial charge on any atom is 0.223 e. The van der Waals surface area contributed by atoms with Gasteiger partial charge in [-0.05, 0) is 31.9 Å². The molecule has 0 aliphatic heterocycles. The van der Waals surface area contributed by atoms with E-state index in [0.717, 1.165) is 12.8 Å². The van der Waals surface area contributed by atoms with Crippen LogP contribution in [0.25, 0.3) is 0 Å². The molecular weight excluding hydrogens is 320 g/mol. The third-order valence-electron chi connectivity index (χ3n) is 3.84. The largest absolute Gasteiger partial charge is 0.493 e. The van der Waals surface area contributed by atoms with E-state index in [-0.39, 0.29) is 17.9 Å². The Kier molecular flexibility index (Phi) is 7.37. The Labute approximate surface area is 149 Å². The molecule has 2 rings (SSSR count). The Morgan fingerprint density at radius 3 is 2.52 bits per heavy atom. The fourth-order valence-electron chi connectivity index (χ4n) is 2.29. The average Bonchev–Trinajstić information content (AvgIpc) is 3.46. The van der Waals surface area contributed by atoms with Crippen LogP contribution in [0, 0.1) is 5.92 Å². The molecule has 0 heterocycles. The number of nitrogens with one attached hydrogen (secondary N) is 3. The molecule has 1 aromatic carbocycles. The molecule has 1 saturated carbocycles. The predicted octanol–water partition coefficient (Wildman–Crippen LogP) is 1.15. The van der Waals surface area contributed by atoms with Crippen molar-refractivity contribution in [3.8, 4) is 11.5 Å². The van der Waals surface area contributed by atoms with Gasteiger partial charge in [0.25, 0.3) is 0 Å². The number of amides is 1. The normalized spacial score (nSPS) is 15.2. The topological polar surface area (TPSA) is 84.0 Å². The summed E-state index contributed by atoms with van der Waals surface area (Å²) < 4.78 is 11.2. The van der Waals surface area contributed by atoms with Gasteiger partial charge in [0.2, 0.25) is 5.91 Å². The fraction of sp³-hybridized carbons (Fsp3) is 0.556. The summed E-state index contributed by atoms with van der Waals surface area (Å²) in [5, 5.41) is 9.29. The van der Waals surface area contributed by atoms with Crippen LogP contribution < -0.4 is 25.4 Å². The van der Waals surface area contributed by atoms with Crippen molar-refractivity contribution in [3.63, 3.8) is 0 Å². The summed E-state index contributed by atoms with van der Waals surface area (Å²) in [5.74, 6) is 2.50. The molecule has 25 heavy (non-hydrogen) atoms. The monoisotopic (exact) mass is 348 g/mol. The van der Waals surface area contributed by atoms with E-state index < -0.39 is 0 Å². The summed E-state index contributed by atoms with van der Waals surface area (Å²) in [4.78, 5) is 15.7. The van der Waals surface area contributed by atoms with Gasteiger partial charge < -0.3 is 25.4 Å². The third kappa shape index (κ3) is 6.52. The molecule has 138 valence electrons. The van der Waals surface area contributed by atoms with Crippen molar-refractivity contribution < 1.29 is 14.3 Å². The molecule has 1 atom stereocenters. The number of methoxy groups -OCH3 is 1. The van der Waals surface area contributed by atoms with Crippen LogP contribution in [-0.2, 0) is 4.79 Å². The lowest BCUT2D eigenvalue weighted by molar-refractivity contribution is -0.122. The van der Waals surface area contributed by atoms with Gasteiger partial charge in [0.05, 0.1) is 13.7 Å². The van der Waals surface area contributed by atoms with Gasteiger partial charge in [0.15, 0.2) is 17.5 Å². The van der Waals surface area contributed by atoms with Crippen molar-refractivity contribution in [1.82, 2.24) is 16.0 Å². The fourth-order valence-corrected chi connectivity index (χ4v) is 2.29. The van der Waals surface area contributed by atoms with E-state index in [1.807, 2.05) is 31.2 Å². The van der Waals surface area contributed by atoms with Crippen LogP contribution in [0.4, 0.5) is 0 Å². The maximum atomic E-state index is 11.5. The Morgan fingerprint density at radius 2 is 1.88 bits per heavy atom. The van der Waals surface area contributed by atoms with Gasteiger partial charge in [-0.2, -0.15) is 0 Å². The SMILES string of the molecule is CN=C(NCCNC(=O)C1CC1)NCC(C)Oc1ccccc1OC. The van der Waals surface area contributed by atoms with E-state index in [9.17, 15) is 4.79 Å². The van der Waals surface area contributed by atoms with Crippen molar-refractivity contribution in [2.24, 2.45) is 10.9 Å². The number of para-hydroxylation sites is 2. The highest BCUT2D eigenvalue weighted by Gasteiger charge is 2.28. The van der Waals surface area contributed by atoms with Crippen LogP contribution >= 0.6 is 0 Å². The molecule has 1 fully saturated rings. The molecular formula is C18H28N4O3. The van der Waals surface area contributed by atoms with Crippen molar-refractivity contribution in [3.05, 3.63) is 24.3 Å². The van der Waals surface area contributed by atoms with E-state index >= 15 is 0 Å². The first-order chi connectivity index (χ1) is 12.1. The zero-order valence-electron chi connectivity index (χ0n) is 15.2. The van der Waals surface area contributed by atoms with Crippen LogP contribution in [0.1, 0.15) is 19.8 Å². The van der Waals surface area contributed by atoms with Gasteiger partial charge in [0.1, 0.15) is 6.10 Å². The van der Waals surface area contributed by atoms with Crippen LogP contribution in [0.2, 0.25) is 0 Å². The maximum absolute atomic E-state index is 11.5. The van der Waals surface area contributed by atoms with E-state index in [0.29, 0.717) is 37.1 Å². The number of carbonyl (C=O) groups excluding carboxylic acids is 1. The summed E-state index contributed by atoms with van der Waals surface area (Å²) in [7, 11) is 3.34. The lowest BCUT2D eigenvalue weighted by Gasteiger charge is -2.19. The molecule has 7 heteroatoms. The second-order valence-corrected chi connectivity index (χ2v) is 6.02.